The predicted molar refractivity (Wildman–Crippen MR) is 102 cm³/mol. The second-order valence-corrected chi connectivity index (χ2v) is 7.81. The molecule has 0 radical (unpaired) electrons. The summed E-state index contributed by atoms with van der Waals surface area (Å²) in [5, 5.41) is 25.6. The summed E-state index contributed by atoms with van der Waals surface area (Å²) >= 11 is 0. The summed E-state index contributed by atoms with van der Waals surface area (Å²) < 4.78 is 10.8. The SMILES string of the molecule is COc1cc2c(cc1O)[C@H]1C(C)=NO[C@H]1N(Cc1ccc([N+](=O)[O-])o1)[C@@H]2C1CC1. The molecule has 0 unspecified atom stereocenters. The van der Waals surface area contributed by atoms with Crippen LogP contribution in [-0.2, 0) is 11.4 Å². The normalized spacial score (nSPS) is 25.7. The fraction of sp³-hybridized carbons (Fsp3) is 0.450. The van der Waals surface area contributed by atoms with Crippen molar-refractivity contribution < 1.29 is 24.0 Å². The highest BCUT2D eigenvalue weighted by molar-refractivity contribution is 5.91. The molecule has 9 nitrogen and oxygen atoms in total. The van der Waals surface area contributed by atoms with E-state index in [4.69, 9.17) is 14.0 Å². The van der Waals surface area contributed by atoms with E-state index in [2.05, 4.69) is 10.1 Å². The van der Waals surface area contributed by atoms with Gasteiger partial charge in [0.1, 0.15) is 10.7 Å². The van der Waals surface area contributed by atoms with Gasteiger partial charge in [-0.3, -0.25) is 15.0 Å². The molecule has 1 saturated carbocycles. The zero-order valence-corrected chi connectivity index (χ0v) is 16.1. The van der Waals surface area contributed by atoms with Crippen LogP contribution >= 0.6 is 0 Å². The van der Waals surface area contributed by atoms with Crippen LogP contribution in [0.15, 0.2) is 33.8 Å². The molecule has 152 valence electrons. The van der Waals surface area contributed by atoms with Gasteiger partial charge in [-0.1, -0.05) is 5.16 Å². The molecule has 0 saturated heterocycles. The third-order valence-electron chi connectivity index (χ3n) is 6.00. The molecule has 2 aromatic rings. The Bertz CT molecular complexity index is 1010. The largest absolute Gasteiger partial charge is 0.504 e. The van der Waals surface area contributed by atoms with Crippen molar-refractivity contribution in [3.8, 4) is 11.5 Å². The van der Waals surface area contributed by atoms with Crippen LogP contribution in [-0.4, -0.2) is 34.0 Å². The van der Waals surface area contributed by atoms with Gasteiger partial charge in [-0.05, 0) is 55.0 Å². The number of nitro groups is 1. The van der Waals surface area contributed by atoms with Crippen molar-refractivity contribution in [3.05, 3.63) is 51.3 Å². The van der Waals surface area contributed by atoms with E-state index in [9.17, 15) is 15.2 Å². The molecule has 5 rings (SSSR count). The standard InChI is InChI=1S/C20H21N3O6/c1-10-18-13-7-15(24)16(27-2)8-14(13)19(11-3-4-11)22(20(18)29-21-10)9-12-5-6-17(28-12)23(25)26/h5-8,11,18-20,24H,3-4,9H2,1-2H3/t18-,19-,20-/m1/s1. The van der Waals surface area contributed by atoms with Crippen molar-refractivity contribution in [3.63, 3.8) is 0 Å². The lowest BCUT2D eigenvalue weighted by Crippen LogP contribution is -2.46. The lowest BCUT2D eigenvalue weighted by atomic mass is 9.80. The average molecular weight is 399 g/mol. The summed E-state index contributed by atoms with van der Waals surface area (Å²) in [7, 11) is 1.53. The number of benzene rings is 1. The van der Waals surface area contributed by atoms with E-state index in [0.29, 0.717) is 24.0 Å². The van der Waals surface area contributed by atoms with Gasteiger partial charge in [0.2, 0.25) is 0 Å². The molecule has 1 aromatic carbocycles. The summed E-state index contributed by atoms with van der Waals surface area (Å²) in [4.78, 5) is 18.4. The number of phenols is 1. The average Bonchev–Trinajstić information content (AvgIpc) is 3.28. The summed E-state index contributed by atoms with van der Waals surface area (Å²) in [5.41, 5.74) is 2.89. The Kier molecular flexibility index (Phi) is 4.02. The molecule has 0 bridgehead atoms. The van der Waals surface area contributed by atoms with Gasteiger partial charge in [0.25, 0.3) is 0 Å². The van der Waals surface area contributed by atoms with Crippen LogP contribution in [0.25, 0.3) is 0 Å². The maximum Gasteiger partial charge on any atom is 0.433 e. The first-order valence-electron chi connectivity index (χ1n) is 9.58. The van der Waals surface area contributed by atoms with Crippen LogP contribution < -0.4 is 4.74 Å². The van der Waals surface area contributed by atoms with Gasteiger partial charge in [0, 0.05) is 6.04 Å². The molecule has 3 aliphatic rings. The van der Waals surface area contributed by atoms with E-state index in [0.717, 1.165) is 29.7 Å². The van der Waals surface area contributed by atoms with Crippen molar-refractivity contribution in [2.75, 3.05) is 7.11 Å². The minimum Gasteiger partial charge on any atom is -0.504 e. The molecule has 29 heavy (non-hydrogen) atoms. The Morgan fingerprint density at radius 2 is 2.14 bits per heavy atom. The molecular formula is C20H21N3O6. The number of rotatable bonds is 5. The van der Waals surface area contributed by atoms with Crippen LogP contribution in [0.1, 0.15) is 48.6 Å². The Balaban J connectivity index is 1.60. The number of furan rings is 1. The van der Waals surface area contributed by atoms with Crippen LogP contribution in [0, 0.1) is 16.0 Å². The number of phenolic OH excluding ortho intramolecular Hbond substituents is 1. The quantitative estimate of drug-likeness (QED) is 0.603. The Morgan fingerprint density at radius 3 is 2.79 bits per heavy atom. The lowest BCUT2D eigenvalue weighted by Gasteiger charge is -2.43. The minimum atomic E-state index is -0.539. The highest BCUT2D eigenvalue weighted by Gasteiger charge is 2.51. The minimum absolute atomic E-state index is 0.0195. The van der Waals surface area contributed by atoms with Crippen LogP contribution in [0.5, 0.6) is 11.5 Å². The summed E-state index contributed by atoms with van der Waals surface area (Å²) in [6.07, 6.45) is 1.81. The van der Waals surface area contributed by atoms with Crippen molar-refractivity contribution in [2.24, 2.45) is 11.1 Å². The van der Waals surface area contributed by atoms with E-state index in [-0.39, 0.29) is 29.8 Å². The first kappa shape index (κ1) is 18.0. The number of oxime groups is 1. The maximum atomic E-state index is 11.0. The third kappa shape index (κ3) is 2.84. The number of hydrogen-bond acceptors (Lipinski definition) is 8. The Hall–Kier alpha value is -3.07. The number of ether oxygens (including phenoxy) is 1. The molecule has 2 aliphatic heterocycles. The van der Waals surface area contributed by atoms with Gasteiger partial charge < -0.3 is 19.1 Å². The molecule has 9 heteroatoms. The fourth-order valence-electron chi connectivity index (χ4n) is 4.57. The Morgan fingerprint density at radius 1 is 1.34 bits per heavy atom. The van der Waals surface area contributed by atoms with Gasteiger partial charge in [-0.2, -0.15) is 0 Å². The third-order valence-corrected chi connectivity index (χ3v) is 6.00. The zero-order chi connectivity index (χ0) is 20.3. The zero-order valence-electron chi connectivity index (χ0n) is 16.1. The van der Waals surface area contributed by atoms with Gasteiger partial charge in [0.15, 0.2) is 17.7 Å². The molecule has 1 N–H and O–H groups in total. The highest BCUT2D eigenvalue weighted by Crippen LogP contribution is 2.55. The van der Waals surface area contributed by atoms with Crippen LogP contribution in [0.2, 0.25) is 0 Å². The van der Waals surface area contributed by atoms with E-state index < -0.39 is 4.92 Å². The molecule has 3 heterocycles. The van der Waals surface area contributed by atoms with E-state index in [1.807, 2.05) is 13.0 Å². The molecule has 3 atom stereocenters. The summed E-state index contributed by atoms with van der Waals surface area (Å²) in [5.74, 6) is 1.04. The van der Waals surface area contributed by atoms with Crippen molar-refractivity contribution >= 4 is 11.6 Å². The van der Waals surface area contributed by atoms with Gasteiger partial charge in [-0.15, -0.1) is 0 Å². The molecule has 1 aromatic heterocycles. The lowest BCUT2D eigenvalue weighted by molar-refractivity contribution is -0.402. The Labute approximate surface area is 166 Å². The fourth-order valence-corrected chi connectivity index (χ4v) is 4.57. The molecule has 0 spiro atoms. The first-order valence-corrected chi connectivity index (χ1v) is 9.58. The number of hydrogen-bond donors (Lipinski definition) is 1. The van der Waals surface area contributed by atoms with Gasteiger partial charge in [0.05, 0.1) is 31.4 Å². The summed E-state index contributed by atoms with van der Waals surface area (Å²) in [6.45, 7) is 2.27. The predicted octanol–water partition coefficient (Wildman–Crippen LogP) is 3.68. The van der Waals surface area contributed by atoms with Crippen LogP contribution in [0.4, 0.5) is 5.88 Å². The van der Waals surface area contributed by atoms with Crippen molar-refractivity contribution in [2.45, 2.75) is 44.5 Å². The number of fused-ring (bicyclic) bond motifs is 3. The number of aromatic hydroxyl groups is 1. The van der Waals surface area contributed by atoms with E-state index in [1.165, 1.54) is 13.2 Å². The smallest absolute Gasteiger partial charge is 0.433 e. The number of methoxy groups -OCH3 is 1. The number of nitrogens with zero attached hydrogens (tertiary/aromatic N) is 3. The molecular weight excluding hydrogens is 378 g/mol. The topological polar surface area (TPSA) is 111 Å². The highest BCUT2D eigenvalue weighted by atomic mass is 16.7. The van der Waals surface area contributed by atoms with Gasteiger partial charge in [-0.25, -0.2) is 0 Å². The maximum absolute atomic E-state index is 11.0. The monoisotopic (exact) mass is 399 g/mol. The van der Waals surface area contributed by atoms with Crippen molar-refractivity contribution in [1.29, 1.82) is 0 Å². The summed E-state index contributed by atoms with van der Waals surface area (Å²) in [6, 6.07) is 6.67. The van der Waals surface area contributed by atoms with E-state index >= 15 is 0 Å². The molecule has 1 aliphatic carbocycles. The van der Waals surface area contributed by atoms with Crippen molar-refractivity contribution in [1.82, 2.24) is 4.90 Å². The van der Waals surface area contributed by atoms with E-state index in [1.54, 1.807) is 12.1 Å². The van der Waals surface area contributed by atoms with Crippen LogP contribution in [0.3, 0.4) is 0 Å². The molecule has 1 fully saturated rings. The second kappa shape index (κ2) is 6.48. The second-order valence-electron chi connectivity index (χ2n) is 7.81. The molecule has 0 amide bonds. The van der Waals surface area contributed by atoms with Gasteiger partial charge >= 0.3 is 5.88 Å². The first-order chi connectivity index (χ1) is 14.0.